The Morgan fingerprint density at radius 2 is 1.97 bits per heavy atom. The molecule has 0 bridgehead atoms. The van der Waals surface area contributed by atoms with E-state index in [4.69, 9.17) is 9.84 Å². The summed E-state index contributed by atoms with van der Waals surface area (Å²) in [5, 5.41) is 28.6. The molecule has 0 amide bonds. The van der Waals surface area contributed by atoms with E-state index < -0.39 is 8.07 Å². The first-order chi connectivity index (χ1) is 17.8. The lowest BCUT2D eigenvalue weighted by Crippen LogP contribution is -2.66. The van der Waals surface area contributed by atoms with Crippen LogP contribution >= 0.6 is 0 Å². The number of nitriles is 2. The summed E-state index contributed by atoms with van der Waals surface area (Å²) in [5.41, 5.74) is 2.69. The minimum absolute atomic E-state index is 0.326. The average Bonchev–Trinajstić information content (AvgIpc) is 3.51. The van der Waals surface area contributed by atoms with Crippen molar-refractivity contribution in [1.82, 2.24) is 29.5 Å². The highest BCUT2D eigenvalue weighted by Gasteiger charge is 2.47. The second-order valence-corrected chi connectivity index (χ2v) is 17.3. The molecule has 0 aromatic carbocycles. The number of piperidine rings is 1. The van der Waals surface area contributed by atoms with E-state index in [2.05, 4.69) is 47.0 Å². The minimum atomic E-state index is -1.15. The summed E-state index contributed by atoms with van der Waals surface area (Å²) >= 11 is 0. The van der Waals surface area contributed by atoms with Crippen LogP contribution in [0, 0.1) is 22.7 Å². The van der Waals surface area contributed by atoms with Gasteiger partial charge < -0.3 is 14.6 Å². The molecule has 2 fully saturated rings. The van der Waals surface area contributed by atoms with Crippen molar-refractivity contribution in [3.05, 3.63) is 36.4 Å². The van der Waals surface area contributed by atoms with Gasteiger partial charge in [-0.1, -0.05) is 19.6 Å². The Morgan fingerprint density at radius 3 is 2.68 bits per heavy atom. The fourth-order valence-corrected chi connectivity index (χ4v) is 6.27. The monoisotopic (exact) mass is 516 g/mol. The summed E-state index contributed by atoms with van der Waals surface area (Å²) in [6.45, 7) is 12.0. The van der Waals surface area contributed by atoms with Crippen LogP contribution in [-0.2, 0) is 17.0 Å². The molecule has 1 N–H and O–H groups in total. The zero-order valence-corrected chi connectivity index (χ0v) is 23.1. The Hall–Kier alpha value is -3.02. The quantitative estimate of drug-likeness (QED) is 0.341. The molecule has 3 aromatic heterocycles. The molecule has 0 unspecified atom stereocenters. The number of nitrogens with zero attached hydrogens (tertiary/aromatic N) is 7. The lowest BCUT2D eigenvalue weighted by atomic mass is 9.84. The van der Waals surface area contributed by atoms with Crippen LogP contribution in [0.5, 0.6) is 0 Å². The molecule has 2 aliphatic rings. The van der Waals surface area contributed by atoms with E-state index in [1.165, 1.54) is 0 Å². The molecular formula is C27H36N8OSi. The topological polar surface area (TPSA) is 108 Å². The number of pyridine rings is 1. The van der Waals surface area contributed by atoms with Crippen LogP contribution in [0.1, 0.15) is 24.8 Å². The van der Waals surface area contributed by atoms with Crippen LogP contribution in [-0.4, -0.2) is 71.1 Å². The molecule has 3 aromatic rings. The van der Waals surface area contributed by atoms with Crippen LogP contribution in [0.4, 0.5) is 0 Å². The first-order valence-electron chi connectivity index (χ1n) is 13.2. The summed E-state index contributed by atoms with van der Waals surface area (Å²) in [7, 11) is -1.15. The zero-order chi connectivity index (χ0) is 26.0. The lowest BCUT2D eigenvalue weighted by Gasteiger charge is -2.53. The highest BCUT2D eigenvalue weighted by molar-refractivity contribution is 6.76. The smallest absolute Gasteiger partial charge is 0.142 e. The number of ether oxygens (including phenoxy) is 1. The van der Waals surface area contributed by atoms with E-state index in [-0.39, 0.29) is 5.54 Å². The van der Waals surface area contributed by atoms with Gasteiger partial charge in [-0.05, 0) is 38.0 Å². The van der Waals surface area contributed by atoms with Crippen molar-refractivity contribution in [2.24, 2.45) is 0 Å². The maximum absolute atomic E-state index is 9.88. The van der Waals surface area contributed by atoms with Crippen molar-refractivity contribution in [2.75, 3.05) is 32.8 Å². The van der Waals surface area contributed by atoms with E-state index in [0.717, 1.165) is 73.8 Å². The number of likely N-dealkylation sites (tertiary alicyclic amines) is 1. The first kappa shape index (κ1) is 25.6. The standard InChI is InChI=1S/C27H36N8OSi/c1-37(2,3)13-12-36-20-33-11-6-24-25(21(14-29)15-31-26(24)33)22-16-32-35(17-22)27(7-8-28)18-34(19-27)23-4-9-30-10-5-23/h6,11,15-17,23,30H,4-5,7,9-10,12-13,18-20H2,1-3H3. The van der Waals surface area contributed by atoms with Crippen molar-refractivity contribution < 1.29 is 4.74 Å². The molecule has 5 rings (SSSR count). The highest BCUT2D eigenvalue weighted by atomic mass is 28.3. The van der Waals surface area contributed by atoms with Gasteiger partial charge in [0, 0.05) is 68.9 Å². The number of rotatable bonds is 9. The Morgan fingerprint density at radius 1 is 1.19 bits per heavy atom. The highest BCUT2D eigenvalue weighted by Crippen LogP contribution is 2.38. The van der Waals surface area contributed by atoms with Crippen molar-refractivity contribution in [3.8, 4) is 23.3 Å². The van der Waals surface area contributed by atoms with Gasteiger partial charge in [0.15, 0.2) is 0 Å². The van der Waals surface area contributed by atoms with Gasteiger partial charge in [-0.2, -0.15) is 15.6 Å². The molecule has 10 heteroatoms. The van der Waals surface area contributed by atoms with Gasteiger partial charge >= 0.3 is 0 Å². The third kappa shape index (κ3) is 5.20. The molecule has 37 heavy (non-hydrogen) atoms. The number of hydrogen-bond acceptors (Lipinski definition) is 7. The average molecular weight is 517 g/mol. The van der Waals surface area contributed by atoms with Crippen LogP contribution in [0.25, 0.3) is 22.2 Å². The van der Waals surface area contributed by atoms with E-state index in [1.54, 1.807) is 6.20 Å². The molecular weight excluding hydrogens is 480 g/mol. The lowest BCUT2D eigenvalue weighted by molar-refractivity contribution is -0.0339. The summed E-state index contributed by atoms with van der Waals surface area (Å²) in [6.07, 6.45) is 10.1. The number of aromatic nitrogens is 4. The maximum Gasteiger partial charge on any atom is 0.142 e. The molecule has 0 radical (unpaired) electrons. The summed E-state index contributed by atoms with van der Waals surface area (Å²) in [6, 6.07) is 8.40. The van der Waals surface area contributed by atoms with Gasteiger partial charge in [0.1, 0.15) is 24.0 Å². The van der Waals surface area contributed by atoms with E-state index in [0.29, 0.717) is 24.8 Å². The Bertz CT molecular complexity index is 1330. The van der Waals surface area contributed by atoms with Gasteiger partial charge in [0.25, 0.3) is 0 Å². The van der Waals surface area contributed by atoms with Crippen molar-refractivity contribution >= 4 is 19.1 Å². The Kier molecular flexibility index (Phi) is 7.19. The minimum Gasteiger partial charge on any atom is -0.361 e. The third-order valence-corrected chi connectivity index (χ3v) is 9.43. The fraction of sp³-hybridized carbons (Fsp3) is 0.556. The van der Waals surface area contributed by atoms with Gasteiger partial charge in [-0.25, -0.2) is 4.98 Å². The molecule has 194 valence electrons. The van der Waals surface area contributed by atoms with Crippen LogP contribution < -0.4 is 5.32 Å². The van der Waals surface area contributed by atoms with Crippen LogP contribution in [0.3, 0.4) is 0 Å². The predicted octanol–water partition coefficient (Wildman–Crippen LogP) is 3.76. The van der Waals surface area contributed by atoms with Crippen LogP contribution in [0.15, 0.2) is 30.9 Å². The predicted molar refractivity (Wildman–Crippen MR) is 145 cm³/mol. The second kappa shape index (κ2) is 10.4. The second-order valence-electron chi connectivity index (χ2n) is 11.6. The molecule has 0 saturated carbocycles. The fourth-order valence-electron chi connectivity index (χ4n) is 5.52. The SMILES string of the molecule is C[Si](C)(C)CCOCn1ccc2c(-c3cnn(C4(CC#N)CN(C5CCNCC5)C4)c3)c(C#N)cnc21. The van der Waals surface area contributed by atoms with Gasteiger partial charge in [0.2, 0.25) is 0 Å². The molecule has 0 atom stereocenters. The molecule has 5 heterocycles. The molecule has 9 nitrogen and oxygen atoms in total. The van der Waals surface area contributed by atoms with Crippen LogP contribution in [0.2, 0.25) is 25.7 Å². The van der Waals surface area contributed by atoms with Gasteiger partial charge in [-0.15, -0.1) is 0 Å². The van der Waals surface area contributed by atoms with E-state index in [9.17, 15) is 10.5 Å². The largest absolute Gasteiger partial charge is 0.361 e. The number of nitrogens with one attached hydrogen (secondary N) is 1. The first-order valence-corrected chi connectivity index (χ1v) is 16.9. The van der Waals surface area contributed by atoms with Crippen molar-refractivity contribution in [2.45, 2.75) is 63.3 Å². The number of fused-ring (bicyclic) bond motifs is 1. The Labute approximate surface area is 219 Å². The molecule has 2 saturated heterocycles. The molecule has 2 aliphatic heterocycles. The Balaban J connectivity index is 1.39. The summed E-state index contributed by atoms with van der Waals surface area (Å²) < 4.78 is 9.92. The number of hydrogen-bond donors (Lipinski definition) is 1. The van der Waals surface area contributed by atoms with Gasteiger partial charge in [0.05, 0.1) is 24.3 Å². The van der Waals surface area contributed by atoms with Crippen molar-refractivity contribution in [3.63, 3.8) is 0 Å². The third-order valence-electron chi connectivity index (χ3n) is 7.72. The normalized spacial score (nSPS) is 18.4. The summed E-state index contributed by atoms with van der Waals surface area (Å²) in [5.74, 6) is 0. The van der Waals surface area contributed by atoms with Crippen molar-refractivity contribution in [1.29, 1.82) is 10.5 Å². The van der Waals surface area contributed by atoms with Gasteiger partial charge in [-0.3, -0.25) is 9.58 Å². The van der Waals surface area contributed by atoms with E-state index in [1.807, 2.05) is 33.9 Å². The summed E-state index contributed by atoms with van der Waals surface area (Å²) in [4.78, 5) is 7.08. The van der Waals surface area contributed by atoms with E-state index >= 15 is 0 Å². The molecule has 0 spiro atoms. The zero-order valence-electron chi connectivity index (χ0n) is 22.1. The molecule has 0 aliphatic carbocycles. The maximum atomic E-state index is 9.88.